The maximum Gasteiger partial charge on any atom is 0.286 e. The fraction of sp³-hybridized carbons (Fsp3) is 0.250. The Morgan fingerprint density at radius 3 is 2.54 bits per heavy atom. The molecule has 1 rings (SSSR count). The number of alkyl halides is 2. The predicted molar refractivity (Wildman–Crippen MR) is 47.0 cm³/mol. The fourth-order valence-electron chi connectivity index (χ4n) is 0.888. The smallest absolute Gasteiger partial charge is 0.286 e. The van der Waals surface area contributed by atoms with E-state index in [1.807, 2.05) is 0 Å². The molecule has 1 aromatic carbocycles. The lowest BCUT2D eigenvalue weighted by Crippen LogP contribution is -2.25. The van der Waals surface area contributed by atoms with Crippen LogP contribution in [0.15, 0.2) is 22.7 Å². The summed E-state index contributed by atoms with van der Waals surface area (Å²) in [7, 11) is 0. The largest absolute Gasteiger partial charge is 0.325 e. The average molecular weight is 254 g/mol. The van der Waals surface area contributed by atoms with Crippen LogP contribution >= 0.6 is 15.9 Å². The van der Waals surface area contributed by atoms with Crippen LogP contribution in [0, 0.1) is 5.82 Å². The third-order valence-corrected chi connectivity index (χ3v) is 2.27. The number of nitrogens with two attached hydrogens (primary N) is 1. The molecule has 72 valence electrons. The van der Waals surface area contributed by atoms with E-state index in [0.717, 1.165) is 12.1 Å². The summed E-state index contributed by atoms with van der Waals surface area (Å²) in [6.45, 7) is -0.838. The summed E-state index contributed by atoms with van der Waals surface area (Å²) >= 11 is 2.90. The van der Waals surface area contributed by atoms with Crippen molar-refractivity contribution >= 4 is 15.9 Å². The molecule has 0 atom stereocenters. The van der Waals surface area contributed by atoms with Gasteiger partial charge in [-0.05, 0) is 18.2 Å². The lowest BCUT2D eigenvalue weighted by molar-refractivity contribution is 0.00490. The number of hydrogen-bond donors (Lipinski definition) is 1. The van der Waals surface area contributed by atoms with Crippen molar-refractivity contribution in [2.24, 2.45) is 5.73 Å². The van der Waals surface area contributed by atoms with Crippen LogP contribution in [0.2, 0.25) is 0 Å². The van der Waals surface area contributed by atoms with Crippen molar-refractivity contribution in [3.8, 4) is 0 Å². The first-order chi connectivity index (χ1) is 5.97. The molecule has 0 amide bonds. The summed E-state index contributed by atoms with van der Waals surface area (Å²) < 4.78 is 38.8. The first kappa shape index (κ1) is 10.5. The van der Waals surface area contributed by atoms with E-state index in [4.69, 9.17) is 5.73 Å². The highest BCUT2D eigenvalue weighted by atomic mass is 79.9. The molecule has 0 bridgehead atoms. The Bertz CT molecular complexity index is 314. The molecule has 0 saturated carbocycles. The molecule has 0 radical (unpaired) electrons. The number of rotatable bonds is 2. The number of hydrogen-bond acceptors (Lipinski definition) is 1. The molecule has 0 heterocycles. The third kappa shape index (κ3) is 2.22. The Balaban J connectivity index is 3.20. The van der Waals surface area contributed by atoms with Crippen LogP contribution in [0.25, 0.3) is 0 Å². The van der Waals surface area contributed by atoms with Crippen molar-refractivity contribution in [1.29, 1.82) is 0 Å². The van der Waals surface area contributed by atoms with E-state index in [9.17, 15) is 13.2 Å². The Labute approximate surface area is 81.9 Å². The minimum Gasteiger partial charge on any atom is -0.325 e. The Hall–Kier alpha value is -0.550. The number of halogens is 4. The summed E-state index contributed by atoms with van der Waals surface area (Å²) in [4.78, 5) is 0. The Morgan fingerprint density at radius 2 is 2.00 bits per heavy atom. The highest BCUT2D eigenvalue weighted by molar-refractivity contribution is 9.10. The van der Waals surface area contributed by atoms with E-state index < -0.39 is 23.8 Å². The molecule has 2 N–H and O–H groups in total. The van der Waals surface area contributed by atoms with Gasteiger partial charge in [0.2, 0.25) is 0 Å². The second-order valence-electron chi connectivity index (χ2n) is 2.53. The van der Waals surface area contributed by atoms with E-state index in [-0.39, 0.29) is 4.47 Å². The van der Waals surface area contributed by atoms with Gasteiger partial charge in [-0.25, -0.2) is 4.39 Å². The zero-order valence-electron chi connectivity index (χ0n) is 6.53. The van der Waals surface area contributed by atoms with Crippen molar-refractivity contribution in [3.63, 3.8) is 0 Å². The first-order valence-electron chi connectivity index (χ1n) is 3.51. The van der Waals surface area contributed by atoms with E-state index >= 15 is 0 Å². The van der Waals surface area contributed by atoms with Gasteiger partial charge in [0.05, 0.1) is 6.54 Å². The van der Waals surface area contributed by atoms with Crippen LogP contribution in [-0.2, 0) is 5.92 Å². The van der Waals surface area contributed by atoms with Crippen LogP contribution < -0.4 is 5.73 Å². The van der Waals surface area contributed by atoms with Gasteiger partial charge in [-0.1, -0.05) is 15.9 Å². The van der Waals surface area contributed by atoms with Gasteiger partial charge in [0.25, 0.3) is 5.92 Å². The normalized spacial score (nSPS) is 11.8. The van der Waals surface area contributed by atoms with Gasteiger partial charge in [0.15, 0.2) is 0 Å². The lowest BCUT2D eigenvalue weighted by atomic mass is 10.1. The van der Waals surface area contributed by atoms with Crippen molar-refractivity contribution in [2.75, 3.05) is 6.54 Å². The van der Waals surface area contributed by atoms with Crippen molar-refractivity contribution in [1.82, 2.24) is 0 Å². The topological polar surface area (TPSA) is 26.0 Å². The fourth-order valence-corrected chi connectivity index (χ4v) is 1.42. The molecule has 0 aliphatic carbocycles. The van der Waals surface area contributed by atoms with Crippen molar-refractivity contribution in [2.45, 2.75) is 5.92 Å². The maximum atomic E-state index is 13.0. The van der Waals surface area contributed by atoms with Crippen LogP contribution in [0.1, 0.15) is 5.56 Å². The molecule has 5 heteroatoms. The first-order valence-corrected chi connectivity index (χ1v) is 4.30. The number of benzene rings is 1. The van der Waals surface area contributed by atoms with Crippen molar-refractivity contribution in [3.05, 3.63) is 34.1 Å². The molecular weight excluding hydrogens is 247 g/mol. The minimum atomic E-state index is -3.19. The van der Waals surface area contributed by atoms with Gasteiger partial charge >= 0.3 is 0 Å². The summed E-state index contributed by atoms with van der Waals surface area (Å²) in [6.07, 6.45) is 0. The lowest BCUT2D eigenvalue weighted by Gasteiger charge is -2.15. The molecular formula is C8H7BrF3N. The molecule has 0 spiro atoms. The second-order valence-corrected chi connectivity index (χ2v) is 3.39. The van der Waals surface area contributed by atoms with E-state index in [1.54, 1.807) is 0 Å². The molecule has 13 heavy (non-hydrogen) atoms. The highest BCUT2D eigenvalue weighted by Crippen LogP contribution is 2.32. The second kappa shape index (κ2) is 3.67. The quantitative estimate of drug-likeness (QED) is 0.862. The summed E-state index contributed by atoms with van der Waals surface area (Å²) in [6, 6.07) is 3.10. The van der Waals surface area contributed by atoms with Gasteiger partial charge in [-0.15, -0.1) is 0 Å². The van der Waals surface area contributed by atoms with E-state index in [2.05, 4.69) is 15.9 Å². The predicted octanol–water partition coefficient (Wildman–Crippen LogP) is 2.64. The SMILES string of the molecule is NCC(F)(F)c1cc(F)ccc1Br. The molecule has 0 aliphatic rings. The molecule has 0 aromatic heterocycles. The highest BCUT2D eigenvalue weighted by Gasteiger charge is 2.31. The van der Waals surface area contributed by atoms with Crippen molar-refractivity contribution < 1.29 is 13.2 Å². The zero-order valence-corrected chi connectivity index (χ0v) is 8.11. The molecule has 1 nitrogen and oxygen atoms in total. The Morgan fingerprint density at radius 1 is 1.38 bits per heavy atom. The van der Waals surface area contributed by atoms with Crippen LogP contribution in [0.5, 0.6) is 0 Å². The minimum absolute atomic E-state index is 0.157. The summed E-state index contributed by atoms with van der Waals surface area (Å²) in [5.74, 6) is -3.90. The molecule has 0 saturated heterocycles. The van der Waals surface area contributed by atoms with Gasteiger partial charge < -0.3 is 5.73 Å². The van der Waals surface area contributed by atoms with Gasteiger partial charge in [-0.3, -0.25) is 0 Å². The maximum absolute atomic E-state index is 13.0. The Kier molecular flexibility index (Phi) is 2.98. The molecule has 1 aromatic rings. The average Bonchev–Trinajstić information content (AvgIpc) is 2.09. The third-order valence-electron chi connectivity index (χ3n) is 1.58. The monoisotopic (exact) mass is 253 g/mol. The zero-order chi connectivity index (χ0) is 10.1. The van der Waals surface area contributed by atoms with Gasteiger partial charge in [-0.2, -0.15) is 8.78 Å². The van der Waals surface area contributed by atoms with Crippen LogP contribution in [0.4, 0.5) is 13.2 Å². The molecule has 0 fully saturated rings. The standard InChI is InChI=1S/C8H7BrF3N/c9-7-2-1-5(10)3-6(7)8(11,12)4-13/h1-3H,4,13H2. The van der Waals surface area contributed by atoms with Gasteiger partial charge in [0, 0.05) is 10.0 Å². The van der Waals surface area contributed by atoms with Crippen LogP contribution in [-0.4, -0.2) is 6.54 Å². The summed E-state index contributed by atoms with van der Waals surface area (Å²) in [5, 5.41) is 0. The van der Waals surface area contributed by atoms with E-state index in [1.165, 1.54) is 6.07 Å². The molecule has 0 unspecified atom stereocenters. The molecule has 0 aliphatic heterocycles. The van der Waals surface area contributed by atoms with Crippen LogP contribution in [0.3, 0.4) is 0 Å². The van der Waals surface area contributed by atoms with Gasteiger partial charge in [0.1, 0.15) is 5.82 Å². The van der Waals surface area contributed by atoms with E-state index in [0.29, 0.717) is 0 Å². The summed E-state index contributed by atoms with van der Waals surface area (Å²) in [5.41, 5.74) is 4.44.